The number of methoxy groups -OCH3 is 1. The Labute approximate surface area is 171 Å². The largest absolute Gasteiger partial charge is 0.497 e. The maximum atomic E-state index is 12.6. The molecule has 2 heterocycles. The van der Waals surface area contributed by atoms with Crippen LogP contribution >= 0.6 is 0 Å². The predicted octanol–water partition coefficient (Wildman–Crippen LogP) is 1.58. The second-order valence-corrected chi connectivity index (χ2v) is 9.16. The van der Waals surface area contributed by atoms with Gasteiger partial charge in [-0.15, -0.1) is 0 Å². The van der Waals surface area contributed by atoms with Gasteiger partial charge in [0.15, 0.2) is 0 Å². The van der Waals surface area contributed by atoms with Crippen molar-refractivity contribution in [3.8, 4) is 5.75 Å². The molecular weight excluding hydrogens is 392 g/mol. The van der Waals surface area contributed by atoms with E-state index in [0.29, 0.717) is 31.7 Å². The summed E-state index contributed by atoms with van der Waals surface area (Å²) in [6.45, 7) is 1.63. The smallest absolute Gasteiger partial charge is 0.240 e. The Balaban J connectivity index is 1.50. The highest BCUT2D eigenvalue weighted by atomic mass is 32.2. The molecule has 1 amide bonds. The van der Waals surface area contributed by atoms with E-state index < -0.39 is 10.0 Å². The number of nitrogens with zero attached hydrogens (tertiary/aromatic N) is 3. The number of rotatable bonds is 8. The van der Waals surface area contributed by atoms with Crippen molar-refractivity contribution in [2.45, 2.75) is 30.6 Å². The fourth-order valence-electron chi connectivity index (χ4n) is 3.53. The molecule has 0 radical (unpaired) electrons. The van der Waals surface area contributed by atoms with Gasteiger partial charge >= 0.3 is 0 Å². The lowest BCUT2D eigenvalue weighted by atomic mass is 9.98. The maximum absolute atomic E-state index is 12.6. The summed E-state index contributed by atoms with van der Waals surface area (Å²) in [5, 5.41) is 4.12. The van der Waals surface area contributed by atoms with Crippen molar-refractivity contribution in [2.24, 2.45) is 13.0 Å². The number of likely N-dealkylation sites (tertiary alicyclic amines) is 1. The van der Waals surface area contributed by atoms with Crippen LogP contribution in [0, 0.1) is 5.92 Å². The van der Waals surface area contributed by atoms with Crippen molar-refractivity contribution in [1.82, 2.24) is 19.4 Å². The first kappa shape index (κ1) is 21.3. The third kappa shape index (κ3) is 5.80. The molecular formula is C20H28N4O4S. The summed E-state index contributed by atoms with van der Waals surface area (Å²) < 4.78 is 34.5. The quantitative estimate of drug-likeness (QED) is 0.700. The number of carbonyl (C=O) groups excluding carboxylic acids is 1. The number of sulfonamides is 1. The number of hydrogen-bond acceptors (Lipinski definition) is 5. The molecule has 158 valence electrons. The van der Waals surface area contributed by atoms with Gasteiger partial charge < -0.3 is 9.64 Å². The van der Waals surface area contributed by atoms with Crippen molar-refractivity contribution >= 4 is 15.9 Å². The second kappa shape index (κ2) is 9.41. The van der Waals surface area contributed by atoms with Gasteiger partial charge in [-0.3, -0.25) is 9.48 Å². The minimum atomic E-state index is -3.58. The molecule has 3 rings (SSSR count). The number of hydrogen-bond donors (Lipinski definition) is 1. The van der Waals surface area contributed by atoms with E-state index in [2.05, 4.69) is 9.82 Å². The molecule has 0 aliphatic carbocycles. The molecule has 9 heteroatoms. The van der Waals surface area contributed by atoms with Crippen LogP contribution in [0.2, 0.25) is 0 Å². The molecule has 1 aliphatic heterocycles. The number of nitrogens with one attached hydrogen (secondary N) is 1. The lowest BCUT2D eigenvalue weighted by Crippen LogP contribution is -2.43. The fourth-order valence-corrected chi connectivity index (χ4v) is 4.65. The van der Waals surface area contributed by atoms with E-state index in [0.717, 1.165) is 24.9 Å². The van der Waals surface area contributed by atoms with Gasteiger partial charge in [-0.25, -0.2) is 13.1 Å². The number of benzene rings is 1. The minimum Gasteiger partial charge on any atom is -0.497 e. The summed E-state index contributed by atoms with van der Waals surface area (Å²) >= 11 is 0. The highest BCUT2D eigenvalue weighted by Gasteiger charge is 2.25. The number of ether oxygens (including phenoxy) is 1. The molecule has 0 unspecified atom stereocenters. The van der Waals surface area contributed by atoms with Crippen LogP contribution in [0.3, 0.4) is 0 Å². The molecule has 1 atom stereocenters. The molecule has 29 heavy (non-hydrogen) atoms. The zero-order valence-electron chi connectivity index (χ0n) is 16.9. The van der Waals surface area contributed by atoms with Gasteiger partial charge in [-0.1, -0.05) is 0 Å². The lowest BCUT2D eigenvalue weighted by molar-refractivity contribution is -0.132. The number of carbonyl (C=O) groups is 1. The van der Waals surface area contributed by atoms with Crippen molar-refractivity contribution in [3.63, 3.8) is 0 Å². The number of aryl methyl sites for hydroxylation is 2. The van der Waals surface area contributed by atoms with Crippen LogP contribution in [0.5, 0.6) is 5.75 Å². The molecule has 1 aromatic carbocycles. The molecule has 0 spiro atoms. The highest BCUT2D eigenvalue weighted by Crippen LogP contribution is 2.19. The maximum Gasteiger partial charge on any atom is 0.240 e. The van der Waals surface area contributed by atoms with Crippen molar-refractivity contribution < 1.29 is 17.9 Å². The average molecular weight is 421 g/mol. The highest BCUT2D eigenvalue weighted by molar-refractivity contribution is 7.89. The summed E-state index contributed by atoms with van der Waals surface area (Å²) in [7, 11) is -0.194. The molecule has 1 fully saturated rings. The second-order valence-electron chi connectivity index (χ2n) is 7.40. The van der Waals surface area contributed by atoms with E-state index in [9.17, 15) is 13.2 Å². The van der Waals surface area contributed by atoms with E-state index in [4.69, 9.17) is 4.74 Å². The van der Waals surface area contributed by atoms with Gasteiger partial charge in [-0.2, -0.15) is 5.10 Å². The Hall–Kier alpha value is -2.39. The Kier molecular flexibility index (Phi) is 6.92. The summed E-state index contributed by atoms with van der Waals surface area (Å²) in [4.78, 5) is 14.6. The molecule has 8 nitrogen and oxygen atoms in total. The SMILES string of the molecule is COc1ccc(S(=O)(=O)NC[C@H]2CCCN(C(=O)CCc3cnn(C)c3)C2)cc1. The van der Waals surface area contributed by atoms with Crippen LogP contribution in [0.15, 0.2) is 41.6 Å². The minimum absolute atomic E-state index is 0.108. The molecule has 1 aliphatic rings. The molecule has 1 N–H and O–H groups in total. The van der Waals surface area contributed by atoms with Crippen molar-refractivity contribution in [1.29, 1.82) is 0 Å². The molecule has 0 bridgehead atoms. The van der Waals surface area contributed by atoms with E-state index in [1.807, 2.05) is 18.1 Å². The Morgan fingerprint density at radius 1 is 1.31 bits per heavy atom. The summed E-state index contributed by atoms with van der Waals surface area (Å²) in [6, 6.07) is 6.29. The first-order valence-corrected chi connectivity index (χ1v) is 11.2. The average Bonchev–Trinajstić information content (AvgIpc) is 3.16. The fraction of sp³-hybridized carbons (Fsp3) is 0.500. The molecule has 1 saturated heterocycles. The van der Waals surface area contributed by atoms with Gasteiger partial charge in [0.25, 0.3) is 0 Å². The summed E-state index contributed by atoms with van der Waals surface area (Å²) in [5.41, 5.74) is 1.04. The van der Waals surface area contributed by atoms with Gasteiger partial charge in [0, 0.05) is 39.3 Å². The van der Waals surface area contributed by atoms with E-state index >= 15 is 0 Å². The predicted molar refractivity (Wildman–Crippen MR) is 109 cm³/mol. The van der Waals surface area contributed by atoms with Gasteiger partial charge in [0.05, 0.1) is 18.2 Å². The standard InChI is InChI=1S/C20H28N4O4S/c1-23-14-17(12-21-23)5-10-20(25)24-11-3-4-16(15-24)13-22-29(26,27)19-8-6-18(28-2)7-9-19/h6-9,12,14,16,22H,3-5,10-11,13,15H2,1-2H3/t16-/m1/s1. The Morgan fingerprint density at radius 3 is 2.72 bits per heavy atom. The number of aromatic nitrogens is 2. The lowest BCUT2D eigenvalue weighted by Gasteiger charge is -2.33. The molecule has 1 aromatic heterocycles. The summed E-state index contributed by atoms with van der Waals surface area (Å²) in [5.74, 6) is 0.826. The molecule has 2 aromatic rings. The van der Waals surface area contributed by atoms with Crippen molar-refractivity contribution in [3.05, 3.63) is 42.2 Å². The Morgan fingerprint density at radius 2 is 2.07 bits per heavy atom. The monoisotopic (exact) mass is 420 g/mol. The van der Waals surface area contributed by atoms with Crippen LogP contribution in [-0.4, -0.2) is 55.7 Å². The number of amides is 1. The van der Waals surface area contributed by atoms with E-state index in [1.54, 1.807) is 23.0 Å². The van der Waals surface area contributed by atoms with Gasteiger partial charge in [0.1, 0.15) is 5.75 Å². The van der Waals surface area contributed by atoms with Gasteiger partial charge in [0.2, 0.25) is 15.9 Å². The topological polar surface area (TPSA) is 93.5 Å². The van der Waals surface area contributed by atoms with Crippen LogP contribution in [-0.2, 0) is 28.3 Å². The zero-order chi connectivity index (χ0) is 20.9. The van der Waals surface area contributed by atoms with Crippen molar-refractivity contribution in [2.75, 3.05) is 26.7 Å². The first-order valence-electron chi connectivity index (χ1n) is 9.76. The van der Waals surface area contributed by atoms with Crippen LogP contribution in [0.1, 0.15) is 24.8 Å². The van der Waals surface area contributed by atoms with Crippen LogP contribution in [0.25, 0.3) is 0 Å². The Bertz CT molecular complexity index is 924. The van der Waals surface area contributed by atoms with E-state index in [-0.39, 0.29) is 16.7 Å². The van der Waals surface area contributed by atoms with Gasteiger partial charge in [-0.05, 0) is 55.0 Å². The number of piperidine rings is 1. The van der Waals surface area contributed by atoms with Crippen LogP contribution < -0.4 is 9.46 Å². The van der Waals surface area contributed by atoms with E-state index in [1.165, 1.54) is 19.2 Å². The zero-order valence-corrected chi connectivity index (χ0v) is 17.7. The third-order valence-corrected chi connectivity index (χ3v) is 6.63. The summed E-state index contributed by atoms with van der Waals surface area (Å²) in [6.07, 6.45) is 6.58. The van der Waals surface area contributed by atoms with Crippen LogP contribution in [0.4, 0.5) is 0 Å². The molecule has 0 saturated carbocycles. The normalized spacial score (nSPS) is 17.3. The first-order chi connectivity index (χ1) is 13.9. The third-order valence-electron chi connectivity index (χ3n) is 5.19.